The van der Waals surface area contributed by atoms with Crippen molar-refractivity contribution in [3.8, 4) is 0 Å². The summed E-state index contributed by atoms with van der Waals surface area (Å²) in [6.07, 6.45) is 0. The van der Waals surface area contributed by atoms with E-state index >= 15 is 0 Å². The predicted molar refractivity (Wildman–Crippen MR) is 82.1 cm³/mol. The molecule has 0 saturated carbocycles. The molecule has 0 aliphatic carbocycles. The SMILES string of the molecule is Cc1ccc(NC(=O)COC(=O)c2cccs2)cc1Br. The van der Waals surface area contributed by atoms with Gasteiger partial charge in [-0.1, -0.05) is 28.1 Å². The number of ether oxygens (including phenoxy) is 1. The number of nitrogens with one attached hydrogen (secondary N) is 1. The van der Waals surface area contributed by atoms with Crippen LogP contribution in [0.5, 0.6) is 0 Å². The van der Waals surface area contributed by atoms with Crippen LogP contribution in [0.25, 0.3) is 0 Å². The Bertz CT molecular complexity index is 625. The maximum atomic E-state index is 11.7. The lowest BCUT2D eigenvalue weighted by molar-refractivity contribution is -0.119. The lowest BCUT2D eigenvalue weighted by Gasteiger charge is -2.07. The molecule has 1 aromatic heterocycles. The lowest BCUT2D eigenvalue weighted by Crippen LogP contribution is -2.20. The summed E-state index contributed by atoms with van der Waals surface area (Å²) >= 11 is 4.67. The quantitative estimate of drug-likeness (QED) is 0.854. The Morgan fingerprint density at radius 2 is 2.15 bits per heavy atom. The van der Waals surface area contributed by atoms with E-state index in [1.165, 1.54) is 11.3 Å². The predicted octanol–water partition coefficient (Wildman–Crippen LogP) is 3.61. The molecular weight excluding hydrogens is 342 g/mol. The van der Waals surface area contributed by atoms with Crippen LogP contribution >= 0.6 is 27.3 Å². The van der Waals surface area contributed by atoms with E-state index in [1.807, 2.05) is 13.0 Å². The molecule has 0 aliphatic heterocycles. The van der Waals surface area contributed by atoms with E-state index in [-0.39, 0.29) is 12.5 Å². The zero-order valence-electron chi connectivity index (χ0n) is 10.7. The fourth-order valence-corrected chi connectivity index (χ4v) is 2.46. The van der Waals surface area contributed by atoms with Gasteiger partial charge in [-0.3, -0.25) is 4.79 Å². The molecule has 4 nitrogen and oxygen atoms in total. The van der Waals surface area contributed by atoms with Crippen molar-refractivity contribution in [2.24, 2.45) is 0 Å². The van der Waals surface area contributed by atoms with Crippen LogP contribution in [-0.4, -0.2) is 18.5 Å². The molecule has 20 heavy (non-hydrogen) atoms. The van der Waals surface area contributed by atoms with E-state index in [0.29, 0.717) is 10.6 Å². The molecule has 0 bridgehead atoms. The van der Waals surface area contributed by atoms with E-state index in [1.54, 1.807) is 29.6 Å². The van der Waals surface area contributed by atoms with Gasteiger partial charge in [-0.2, -0.15) is 0 Å². The minimum absolute atomic E-state index is 0.303. The van der Waals surface area contributed by atoms with E-state index in [0.717, 1.165) is 10.0 Å². The molecule has 0 fully saturated rings. The number of anilines is 1. The highest BCUT2D eigenvalue weighted by Crippen LogP contribution is 2.20. The van der Waals surface area contributed by atoms with Gasteiger partial charge in [0.05, 0.1) is 0 Å². The lowest BCUT2D eigenvalue weighted by atomic mass is 10.2. The summed E-state index contributed by atoms with van der Waals surface area (Å²) in [5.41, 5.74) is 1.73. The van der Waals surface area contributed by atoms with Crippen LogP contribution in [0.1, 0.15) is 15.2 Å². The summed E-state index contributed by atoms with van der Waals surface area (Å²) in [7, 11) is 0. The number of halogens is 1. The molecule has 1 aromatic carbocycles. The topological polar surface area (TPSA) is 55.4 Å². The van der Waals surface area contributed by atoms with Crippen molar-refractivity contribution in [3.05, 3.63) is 50.6 Å². The Kier molecular flexibility index (Phi) is 4.92. The highest BCUT2D eigenvalue weighted by Gasteiger charge is 2.11. The largest absolute Gasteiger partial charge is 0.451 e. The molecule has 0 atom stereocenters. The molecule has 2 aromatic rings. The molecule has 0 spiro atoms. The molecule has 104 valence electrons. The van der Waals surface area contributed by atoms with Crippen molar-refractivity contribution in [2.75, 3.05) is 11.9 Å². The second-order valence-electron chi connectivity index (χ2n) is 4.07. The third-order valence-corrected chi connectivity index (χ3v) is 4.22. The maximum absolute atomic E-state index is 11.7. The second-order valence-corrected chi connectivity index (χ2v) is 5.87. The first-order valence-electron chi connectivity index (χ1n) is 5.83. The first kappa shape index (κ1) is 14.7. The molecule has 0 aliphatic rings. The third kappa shape index (κ3) is 3.91. The average Bonchev–Trinajstić information content (AvgIpc) is 2.94. The molecule has 1 heterocycles. The van der Waals surface area contributed by atoms with Crippen LogP contribution in [0.4, 0.5) is 5.69 Å². The van der Waals surface area contributed by atoms with Gasteiger partial charge in [-0.05, 0) is 36.1 Å². The van der Waals surface area contributed by atoms with E-state index < -0.39 is 5.97 Å². The van der Waals surface area contributed by atoms with Crippen molar-refractivity contribution in [3.63, 3.8) is 0 Å². The van der Waals surface area contributed by atoms with Gasteiger partial charge in [0.2, 0.25) is 0 Å². The molecule has 6 heteroatoms. The van der Waals surface area contributed by atoms with Crippen LogP contribution in [0.2, 0.25) is 0 Å². The molecule has 1 N–H and O–H groups in total. The highest BCUT2D eigenvalue weighted by atomic mass is 79.9. The second kappa shape index (κ2) is 6.67. The Morgan fingerprint density at radius 3 is 2.80 bits per heavy atom. The van der Waals surface area contributed by atoms with Crippen molar-refractivity contribution >= 4 is 44.8 Å². The fraction of sp³-hybridized carbons (Fsp3) is 0.143. The van der Waals surface area contributed by atoms with Crippen LogP contribution < -0.4 is 5.32 Å². The summed E-state index contributed by atoms with van der Waals surface area (Å²) in [6, 6.07) is 8.89. The fourth-order valence-electron chi connectivity index (χ4n) is 1.46. The number of rotatable bonds is 4. The van der Waals surface area contributed by atoms with Crippen molar-refractivity contribution < 1.29 is 14.3 Å². The molecule has 0 saturated heterocycles. The van der Waals surface area contributed by atoms with Gasteiger partial charge < -0.3 is 10.1 Å². The van der Waals surface area contributed by atoms with Crippen molar-refractivity contribution in [2.45, 2.75) is 6.92 Å². The summed E-state index contributed by atoms with van der Waals surface area (Å²) in [5.74, 6) is -0.856. The molecule has 0 radical (unpaired) electrons. The van der Waals surface area contributed by atoms with Gasteiger partial charge in [0, 0.05) is 10.2 Å². The molecule has 0 unspecified atom stereocenters. The normalized spacial score (nSPS) is 10.1. The number of carbonyl (C=O) groups is 2. The van der Waals surface area contributed by atoms with Gasteiger partial charge in [0.15, 0.2) is 6.61 Å². The Morgan fingerprint density at radius 1 is 1.35 bits per heavy atom. The van der Waals surface area contributed by atoms with Crippen molar-refractivity contribution in [1.29, 1.82) is 0 Å². The average molecular weight is 354 g/mol. The minimum atomic E-state index is -0.486. The molecular formula is C14H12BrNO3S. The Labute approximate surface area is 128 Å². The van der Waals surface area contributed by atoms with Crippen LogP contribution in [0.3, 0.4) is 0 Å². The Balaban J connectivity index is 1.86. The van der Waals surface area contributed by atoms with Crippen LogP contribution in [0.15, 0.2) is 40.2 Å². The first-order valence-corrected chi connectivity index (χ1v) is 7.50. The summed E-state index contributed by atoms with van der Waals surface area (Å²) in [4.78, 5) is 23.7. The van der Waals surface area contributed by atoms with E-state index in [9.17, 15) is 9.59 Å². The van der Waals surface area contributed by atoms with Gasteiger partial charge in [0.25, 0.3) is 5.91 Å². The summed E-state index contributed by atoms with van der Waals surface area (Å²) in [5, 5.41) is 4.45. The summed E-state index contributed by atoms with van der Waals surface area (Å²) in [6.45, 7) is 1.65. The zero-order valence-corrected chi connectivity index (χ0v) is 13.1. The molecule has 1 amide bonds. The maximum Gasteiger partial charge on any atom is 0.348 e. The van der Waals surface area contributed by atoms with Crippen LogP contribution in [-0.2, 0) is 9.53 Å². The van der Waals surface area contributed by atoms with Gasteiger partial charge >= 0.3 is 5.97 Å². The number of esters is 1. The monoisotopic (exact) mass is 353 g/mol. The van der Waals surface area contributed by atoms with Crippen molar-refractivity contribution in [1.82, 2.24) is 0 Å². The minimum Gasteiger partial charge on any atom is -0.451 e. The van der Waals surface area contributed by atoms with Crippen LogP contribution in [0, 0.1) is 6.92 Å². The Hall–Kier alpha value is -1.66. The summed E-state index contributed by atoms with van der Waals surface area (Å²) < 4.78 is 5.83. The number of carbonyl (C=O) groups excluding carboxylic acids is 2. The third-order valence-electron chi connectivity index (χ3n) is 2.51. The smallest absolute Gasteiger partial charge is 0.348 e. The zero-order chi connectivity index (χ0) is 14.5. The van der Waals surface area contributed by atoms with E-state index in [4.69, 9.17) is 4.74 Å². The number of amides is 1. The van der Waals surface area contributed by atoms with Gasteiger partial charge in [-0.15, -0.1) is 11.3 Å². The number of hydrogen-bond donors (Lipinski definition) is 1. The number of aryl methyl sites for hydroxylation is 1. The van der Waals surface area contributed by atoms with E-state index in [2.05, 4.69) is 21.2 Å². The number of benzene rings is 1. The van der Waals surface area contributed by atoms with Gasteiger partial charge in [0.1, 0.15) is 4.88 Å². The molecule has 2 rings (SSSR count). The van der Waals surface area contributed by atoms with Gasteiger partial charge in [-0.25, -0.2) is 4.79 Å². The standard InChI is InChI=1S/C14H12BrNO3S/c1-9-4-5-10(7-11(9)15)16-13(17)8-19-14(18)12-3-2-6-20-12/h2-7H,8H2,1H3,(H,16,17). The number of thiophene rings is 1. The number of hydrogen-bond acceptors (Lipinski definition) is 4. The first-order chi connectivity index (χ1) is 9.56. The highest BCUT2D eigenvalue weighted by molar-refractivity contribution is 9.10.